The fourth-order valence-corrected chi connectivity index (χ4v) is 3.81. The van der Waals surface area contributed by atoms with Crippen LogP contribution in [0.2, 0.25) is 0 Å². The zero-order valence-corrected chi connectivity index (χ0v) is 17.4. The lowest BCUT2D eigenvalue weighted by Crippen LogP contribution is -2.46. The molecule has 0 saturated carbocycles. The molecule has 156 valence electrons. The van der Waals surface area contributed by atoms with Crippen LogP contribution in [0.1, 0.15) is 49.4 Å². The van der Waals surface area contributed by atoms with E-state index in [4.69, 9.17) is 4.74 Å². The fourth-order valence-electron chi connectivity index (χ4n) is 3.81. The Morgan fingerprint density at radius 2 is 2.14 bits per heavy atom. The zero-order valence-electron chi connectivity index (χ0n) is 16.6. The second-order valence-corrected chi connectivity index (χ2v) is 7.53. The van der Waals surface area contributed by atoms with E-state index in [9.17, 15) is 9.59 Å². The van der Waals surface area contributed by atoms with Gasteiger partial charge in [0.2, 0.25) is 5.91 Å². The van der Waals surface area contributed by atoms with Gasteiger partial charge in [0.25, 0.3) is 5.91 Å². The first-order valence-corrected chi connectivity index (χ1v) is 10.2. The minimum Gasteiger partial charge on any atom is -0.494 e. The number of rotatable bonds is 7. The van der Waals surface area contributed by atoms with Crippen LogP contribution in [-0.4, -0.2) is 55.5 Å². The Balaban J connectivity index is 0.00000280. The Kier molecular flexibility index (Phi) is 9.06. The van der Waals surface area contributed by atoms with Crippen molar-refractivity contribution in [2.75, 3.05) is 32.8 Å². The molecule has 0 aromatic heterocycles. The highest BCUT2D eigenvalue weighted by molar-refractivity contribution is 5.94. The van der Waals surface area contributed by atoms with Crippen LogP contribution in [0, 0.1) is 5.92 Å². The molecule has 2 fully saturated rings. The van der Waals surface area contributed by atoms with E-state index in [1.165, 1.54) is 0 Å². The van der Waals surface area contributed by atoms with Gasteiger partial charge in [0, 0.05) is 25.2 Å². The standard InChI is InChI=1S/C21H31N3O3.ClH/c1-2-12-27-18-8-3-7-17(13-18)21(26)24-11-5-6-16(15-24)14-23-20(25)19-9-4-10-22-19;/h3,7-8,13,16,19,22H,2,4-6,9-12,14-15H2,1H3,(H,23,25);1H. The van der Waals surface area contributed by atoms with Gasteiger partial charge < -0.3 is 20.3 Å². The number of benzene rings is 1. The summed E-state index contributed by atoms with van der Waals surface area (Å²) in [5.74, 6) is 1.20. The van der Waals surface area contributed by atoms with Gasteiger partial charge in [-0.15, -0.1) is 12.4 Å². The van der Waals surface area contributed by atoms with Crippen LogP contribution in [0.25, 0.3) is 0 Å². The number of carbonyl (C=O) groups excluding carboxylic acids is 2. The molecule has 3 rings (SSSR count). The van der Waals surface area contributed by atoms with Crippen molar-refractivity contribution in [3.8, 4) is 5.75 Å². The Morgan fingerprint density at radius 3 is 2.89 bits per heavy atom. The van der Waals surface area contributed by atoms with Gasteiger partial charge in [-0.05, 0) is 62.8 Å². The van der Waals surface area contributed by atoms with Crippen molar-refractivity contribution in [1.82, 2.24) is 15.5 Å². The number of likely N-dealkylation sites (tertiary alicyclic amines) is 1. The van der Waals surface area contributed by atoms with E-state index in [1.54, 1.807) is 0 Å². The summed E-state index contributed by atoms with van der Waals surface area (Å²) in [4.78, 5) is 27.0. The minimum absolute atomic E-state index is 0. The second kappa shape index (κ2) is 11.3. The first-order valence-electron chi connectivity index (χ1n) is 10.2. The van der Waals surface area contributed by atoms with Crippen molar-refractivity contribution < 1.29 is 14.3 Å². The molecule has 1 aromatic rings. The van der Waals surface area contributed by atoms with E-state index < -0.39 is 0 Å². The third kappa shape index (κ3) is 6.11. The number of halogens is 1. The van der Waals surface area contributed by atoms with Gasteiger partial charge in [0.1, 0.15) is 5.75 Å². The summed E-state index contributed by atoms with van der Waals surface area (Å²) in [5.41, 5.74) is 0.670. The first-order chi connectivity index (χ1) is 13.2. The molecule has 0 aliphatic carbocycles. The molecule has 28 heavy (non-hydrogen) atoms. The van der Waals surface area contributed by atoms with Gasteiger partial charge in [-0.25, -0.2) is 0 Å². The van der Waals surface area contributed by atoms with Gasteiger partial charge in [0.05, 0.1) is 12.6 Å². The average Bonchev–Trinajstić information content (AvgIpc) is 3.25. The van der Waals surface area contributed by atoms with Gasteiger partial charge in [0.15, 0.2) is 0 Å². The predicted molar refractivity (Wildman–Crippen MR) is 112 cm³/mol. The summed E-state index contributed by atoms with van der Waals surface area (Å²) < 4.78 is 5.64. The number of piperidine rings is 1. The largest absolute Gasteiger partial charge is 0.494 e. The van der Waals surface area contributed by atoms with E-state index in [0.29, 0.717) is 31.2 Å². The molecule has 2 amide bonds. The molecule has 0 spiro atoms. The summed E-state index contributed by atoms with van der Waals surface area (Å²) in [7, 11) is 0. The SMILES string of the molecule is CCCOc1cccc(C(=O)N2CCCC(CNC(=O)C3CCCN3)C2)c1.Cl. The average molecular weight is 410 g/mol. The number of nitrogens with one attached hydrogen (secondary N) is 2. The highest BCUT2D eigenvalue weighted by atomic mass is 35.5. The van der Waals surface area contributed by atoms with Crippen LogP contribution in [-0.2, 0) is 4.79 Å². The lowest BCUT2D eigenvalue weighted by Gasteiger charge is -2.33. The van der Waals surface area contributed by atoms with Crippen molar-refractivity contribution in [3.05, 3.63) is 29.8 Å². The highest BCUT2D eigenvalue weighted by Gasteiger charge is 2.27. The fraction of sp³-hybridized carbons (Fsp3) is 0.619. The van der Waals surface area contributed by atoms with Crippen LogP contribution in [0.3, 0.4) is 0 Å². The Bertz CT molecular complexity index is 650. The Morgan fingerprint density at radius 1 is 1.29 bits per heavy atom. The maximum Gasteiger partial charge on any atom is 0.253 e. The first kappa shape index (κ1) is 22.5. The maximum atomic E-state index is 12.9. The van der Waals surface area contributed by atoms with Crippen LogP contribution in [0.4, 0.5) is 0 Å². The third-order valence-corrected chi connectivity index (χ3v) is 5.30. The summed E-state index contributed by atoms with van der Waals surface area (Å²) in [6, 6.07) is 7.39. The Hall–Kier alpha value is -1.79. The van der Waals surface area contributed by atoms with Gasteiger partial charge >= 0.3 is 0 Å². The van der Waals surface area contributed by atoms with Crippen molar-refractivity contribution in [1.29, 1.82) is 0 Å². The van der Waals surface area contributed by atoms with E-state index in [-0.39, 0.29) is 30.3 Å². The molecule has 1 aromatic carbocycles. The van der Waals surface area contributed by atoms with Crippen molar-refractivity contribution in [3.63, 3.8) is 0 Å². The topological polar surface area (TPSA) is 70.7 Å². The summed E-state index contributed by atoms with van der Waals surface area (Å²) >= 11 is 0. The van der Waals surface area contributed by atoms with Crippen LogP contribution in [0.15, 0.2) is 24.3 Å². The highest BCUT2D eigenvalue weighted by Crippen LogP contribution is 2.20. The number of ether oxygens (including phenoxy) is 1. The van der Waals surface area contributed by atoms with Crippen LogP contribution in [0.5, 0.6) is 5.75 Å². The monoisotopic (exact) mass is 409 g/mol. The molecule has 2 heterocycles. The van der Waals surface area contributed by atoms with Crippen LogP contribution >= 0.6 is 12.4 Å². The molecular formula is C21H32ClN3O3. The van der Waals surface area contributed by atoms with Crippen molar-refractivity contribution >= 4 is 24.2 Å². The van der Waals surface area contributed by atoms with Gasteiger partial charge in [-0.1, -0.05) is 13.0 Å². The summed E-state index contributed by atoms with van der Waals surface area (Å²) in [6.07, 6.45) is 4.93. The molecule has 2 N–H and O–H groups in total. The molecule has 2 unspecified atom stereocenters. The number of nitrogens with zero attached hydrogens (tertiary/aromatic N) is 1. The van der Waals surface area contributed by atoms with E-state index in [0.717, 1.165) is 50.9 Å². The number of hydrogen-bond donors (Lipinski definition) is 2. The molecular weight excluding hydrogens is 378 g/mol. The van der Waals surface area contributed by atoms with Gasteiger partial charge in [-0.3, -0.25) is 9.59 Å². The van der Waals surface area contributed by atoms with Crippen LogP contribution < -0.4 is 15.4 Å². The number of hydrogen-bond acceptors (Lipinski definition) is 4. The van der Waals surface area contributed by atoms with Gasteiger partial charge in [-0.2, -0.15) is 0 Å². The quantitative estimate of drug-likeness (QED) is 0.726. The number of carbonyl (C=O) groups is 2. The third-order valence-electron chi connectivity index (χ3n) is 5.30. The van der Waals surface area contributed by atoms with Crippen molar-refractivity contribution in [2.24, 2.45) is 5.92 Å². The molecule has 6 nitrogen and oxygen atoms in total. The Labute approximate surface area is 173 Å². The zero-order chi connectivity index (χ0) is 19.1. The lowest BCUT2D eigenvalue weighted by atomic mass is 9.97. The molecule has 7 heteroatoms. The minimum atomic E-state index is -0.0443. The molecule has 2 aliphatic rings. The molecule has 2 saturated heterocycles. The maximum absolute atomic E-state index is 12.9. The van der Waals surface area contributed by atoms with E-state index in [2.05, 4.69) is 17.6 Å². The molecule has 0 radical (unpaired) electrons. The molecule has 2 aliphatic heterocycles. The summed E-state index contributed by atoms with van der Waals surface area (Å²) in [5, 5.41) is 6.29. The van der Waals surface area contributed by atoms with E-state index >= 15 is 0 Å². The number of amides is 2. The summed E-state index contributed by atoms with van der Waals surface area (Å²) in [6.45, 7) is 5.74. The second-order valence-electron chi connectivity index (χ2n) is 7.53. The van der Waals surface area contributed by atoms with E-state index in [1.807, 2.05) is 29.2 Å². The molecule has 0 bridgehead atoms. The molecule has 2 atom stereocenters. The van der Waals surface area contributed by atoms with Crippen molar-refractivity contribution in [2.45, 2.75) is 45.1 Å². The lowest BCUT2D eigenvalue weighted by molar-refractivity contribution is -0.123. The normalized spacial score (nSPS) is 21.7. The smallest absolute Gasteiger partial charge is 0.253 e. The predicted octanol–water partition coefficient (Wildman–Crippen LogP) is 2.62.